The maximum absolute atomic E-state index is 11.8. The molecule has 24 heteroatoms. The Balaban J connectivity index is 0.000000596. The van der Waals surface area contributed by atoms with Crippen molar-refractivity contribution in [3.8, 4) is 0 Å². The van der Waals surface area contributed by atoms with E-state index in [0.717, 1.165) is 90.5 Å². The van der Waals surface area contributed by atoms with Gasteiger partial charge in [-0.2, -0.15) is 0 Å². The first-order chi connectivity index (χ1) is 46.7. The molecule has 6 rings (SSSR count). The highest BCUT2D eigenvalue weighted by Crippen LogP contribution is 2.26. The van der Waals surface area contributed by atoms with Crippen LogP contribution in [0.4, 0.5) is 0 Å². The van der Waals surface area contributed by atoms with Gasteiger partial charge in [0.1, 0.15) is 0 Å². The van der Waals surface area contributed by atoms with Crippen LogP contribution in [0.1, 0.15) is 259 Å². The molecular weight excluding hydrogens is 1270 g/mol. The van der Waals surface area contributed by atoms with Crippen molar-refractivity contribution in [3.05, 3.63) is 0 Å². The topological polar surface area (TPSA) is 280 Å². The second-order valence-corrected chi connectivity index (χ2v) is 28.5. The summed E-state index contributed by atoms with van der Waals surface area (Å²) in [7, 11) is 0. The van der Waals surface area contributed by atoms with E-state index in [-0.39, 0.29) is 143 Å². The standard InChI is InChI=1S/C15H27NO3.C14H25NO3.C13H23NO3.C12H21NO3.C11H19NO3.C10H17NO3/c1-4-5-6-7-8-9-16-11-13(10-14(16)17)15(18)19-12(2)3;1-4-5-6-7-8-15-10-12(9-13(15)16)14(17)18-11(2)3;1-4-5-6-7-14-9-11(8-12(14)15)13(16)17-10(2)3;1-4-5-6-13-8-10(7-11(13)14)12(15)16-9(2)3;1-4-5-12-7-9(6-10(12)13)11(14)15-8(2)3;1-4-11-6-8(5-9(11)12)10(13)14-7(2)3/h12-13H,4-11H2,1-3H3;11-12H,4-10H2,1-3H3;10-11H,4-9H2,1-3H3;9-10H,4-8H2,1-3H3;8-9H,4-7H2,1-3H3;7-8H,4-6H2,1-3H3. The van der Waals surface area contributed by atoms with Gasteiger partial charge < -0.3 is 57.8 Å². The van der Waals surface area contributed by atoms with Crippen LogP contribution in [0.25, 0.3) is 0 Å². The number of hydrogen-bond acceptors (Lipinski definition) is 18. The Morgan fingerprint density at radius 2 is 0.444 bits per heavy atom. The fourth-order valence-corrected chi connectivity index (χ4v) is 11.7. The lowest BCUT2D eigenvalue weighted by Gasteiger charge is -2.16. The number of ether oxygens (including phenoxy) is 6. The van der Waals surface area contributed by atoms with E-state index in [9.17, 15) is 57.5 Å². The molecule has 99 heavy (non-hydrogen) atoms. The van der Waals surface area contributed by atoms with Gasteiger partial charge in [-0.1, -0.05) is 98.8 Å². The summed E-state index contributed by atoms with van der Waals surface area (Å²) in [5.41, 5.74) is 0. The van der Waals surface area contributed by atoms with Gasteiger partial charge >= 0.3 is 35.8 Å². The van der Waals surface area contributed by atoms with E-state index in [1.165, 1.54) is 38.5 Å². The zero-order chi connectivity index (χ0) is 74.9. The van der Waals surface area contributed by atoms with Gasteiger partial charge in [0.25, 0.3) is 0 Å². The van der Waals surface area contributed by atoms with E-state index in [0.29, 0.717) is 84.3 Å². The summed E-state index contributed by atoms with van der Waals surface area (Å²) in [6.07, 6.45) is 18.1. The lowest BCUT2D eigenvalue weighted by Crippen LogP contribution is -2.28. The van der Waals surface area contributed by atoms with Crippen molar-refractivity contribution >= 4 is 71.3 Å². The van der Waals surface area contributed by atoms with Gasteiger partial charge in [0, 0.05) is 117 Å². The fraction of sp³-hybridized carbons (Fsp3) is 0.840. The maximum Gasteiger partial charge on any atom is 0.311 e. The summed E-state index contributed by atoms with van der Waals surface area (Å²) in [5, 5.41) is 0. The van der Waals surface area contributed by atoms with Crippen molar-refractivity contribution in [2.75, 3.05) is 78.5 Å². The maximum atomic E-state index is 11.8. The Labute approximate surface area is 594 Å². The molecule has 0 radical (unpaired) electrons. The van der Waals surface area contributed by atoms with Gasteiger partial charge in [-0.15, -0.1) is 0 Å². The smallest absolute Gasteiger partial charge is 0.311 e. The zero-order valence-corrected chi connectivity index (χ0v) is 64.3. The number of amides is 6. The molecule has 0 aromatic rings. The van der Waals surface area contributed by atoms with Crippen LogP contribution in [0.5, 0.6) is 0 Å². The Morgan fingerprint density at radius 1 is 0.263 bits per heavy atom. The largest absolute Gasteiger partial charge is 0.463 e. The second-order valence-electron chi connectivity index (χ2n) is 28.5. The summed E-state index contributed by atoms with van der Waals surface area (Å²) in [4.78, 5) is 150. The number of unbranched alkanes of at least 4 members (excludes halogenated alkanes) is 10. The summed E-state index contributed by atoms with van der Waals surface area (Å²) < 4.78 is 30.7. The fourth-order valence-electron chi connectivity index (χ4n) is 11.7. The summed E-state index contributed by atoms with van der Waals surface area (Å²) in [5.74, 6) is -2.46. The highest BCUT2D eigenvalue weighted by molar-refractivity contribution is 5.90. The number of rotatable bonds is 33. The van der Waals surface area contributed by atoms with E-state index >= 15 is 0 Å². The summed E-state index contributed by atoms with van der Waals surface area (Å²) in [6, 6.07) is 0. The molecule has 6 heterocycles. The molecule has 0 aromatic carbocycles. The number of nitrogens with zero attached hydrogens (tertiary/aromatic N) is 6. The molecule has 24 nitrogen and oxygen atoms in total. The predicted molar refractivity (Wildman–Crippen MR) is 379 cm³/mol. The van der Waals surface area contributed by atoms with Crippen LogP contribution >= 0.6 is 0 Å². The van der Waals surface area contributed by atoms with Crippen molar-refractivity contribution in [3.63, 3.8) is 0 Å². The summed E-state index contributed by atoms with van der Waals surface area (Å²) in [6.45, 7) is 42.1. The lowest BCUT2D eigenvalue weighted by molar-refractivity contribution is -0.153. The first-order valence-corrected chi connectivity index (χ1v) is 37.6. The quantitative estimate of drug-likeness (QED) is 0.0335. The van der Waals surface area contributed by atoms with Gasteiger partial charge in [-0.25, -0.2) is 0 Å². The Hall–Kier alpha value is -6.36. The molecule has 6 fully saturated rings. The molecule has 6 unspecified atom stereocenters. The molecule has 0 spiro atoms. The van der Waals surface area contributed by atoms with Crippen molar-refractivity contribution in [1.29, 1.82) is 0 Å². The highest BCUT2D eigenvalue weighted by atomic mass is 16.6. The van der Waals surface area contributed by atoms with Crippen molar-refractivity contribution in [2.24, 2.45) is 35.5 Å². The van der Waals surface area contributed by atoms with Crippen molar-refractivity contribution in [2.45, 2.75) is 296 Å². The van der Waals surface area contributed by atoms with E-state index in [1.807, 2.05) is 107 Å². The van der Waals surface area contributed by atoms with Gasteiger partial charge in [-0.3, -0.25) is 57.5 Å². The van der Waals surface area contributed by atoms with Crippen LogP contribution in [0.15, 0.2) is 0 Å². The van der Waals surface area contributed by atoms with Crippen LogP contribution in [-0.4, -0.2) is 216 Å². The molecular formula is C75H132N6O18. The van der Waals surface area contributed by atoms with E-state index < -0.39 is 0 Å². The molecule has 6 aliphatic heterocycles. The first kappa shape index (κ1) is 90.7. The third-order valence-electron chi connectivity index (χ3n) is 16.9. The number of esters is 6. The average Bonchev–Trinajstić information content (AvgIpc) is 1.78. The molecule has 6 saturated heterocycles. The van der Waals surface area contributed by atoms with Crippen LogP contribution in [0.3, 0.4) is 0 Å². The molecule has 0 bridgehead atoms. The average molecular weight is 1410 g/mol. The van der Waals surface area contributed by atoms with Crippen LogP contribution in [0, 0.1) is 35.5 Å². The van der Waals surface area contributed by atoms with Crippen LogP contribution < -0.4 is 0 Å². The second kappa shape index (κ2) is 50.1. The molecule has 0 aliphatic carbocycles. The van der Waals surface area contributed by atoms with Crippen LogP contribution in [0.2, 0.25) is 0 Å². The Bertz CT molecular complexity index is 2470. The van der Waals surface area contributed by atoms with Gasteiger partial charge in [0.15, 0.2) is 0 Å². The molecule has 6 amide bonds. The van der Waals surface area contributed by atoms with Gasteiger partial charge in [-0.05, 0) is 122 Å². The molecule has 0 saturated carbocycles. The minimum absolute atomic E-state index is 0.0539. The minimum atomic E-state index is -0.259. The lowest BCUT2D eigenvalue weighted by atomic mass is 10.1. The summed E-state index contributed by atoms with van der Waals surface area (Å²) >= 11 is 0. The number of hydrogen-bond donors (Lipinski definition) is 0. The normalized spacial score (nSPS) is 20.4. The number of likely N-dealkylation sites (tertiary alicyclic amines) is 6. The SMILES string of the molecule is CCCCCCCN1CC(C(=O)OC(C)C)CC1=O.CCCCCCN1CC(C(=O)OC(C)C)CC1=O.CCCCCN1CC(C(=O)OC(C)C)CC1=O.CCCCN1CC(C(=O)OC(C)C)CC1=O.CCCN1CC(C(=O)OC(C)C)CC1=O.CCN1CC(C(=O)OC(C)C)CC1=O. The zero-order valence-electron chi connectivity index (χ0n) is 64.3. The third kappa shape index (κ3) is 37.2. The van der Waals surface area contributed by atoms with Gasteiger partial charge in [0.2, 0.25) is 35.4 Å². The molecule has 6 aliphatic rings. The minimum Gasteiger partial charge on any atom is -0.463 e. The van der Waals surface area contributed by atoms with Crippen LogP contribution in [-0.2, 0) is 86.0 Å². The van der Waals surface area contributed by atoms with E-state index in [4.69, 9.17) is 28.4 Å². The van der Waals surface area contributed by atoms with Gasteiger partial charge in [0.05, 0.1) is 72.1 Å². The first-order valence-electron chi connectivity index (χ1n) is 37.6. The highest BCUT2D eigenvalue weighted by Gasteiger charge is 2.40. The molecule has 0 N–H and O–H groups in total. The van der Waals surface area contributed by atoms with E-state index in [2.05, 4.69) is 27.7 Å². The number of carbonyl (C=O) groups excluding carboxylic acids is 12. The number of carbonyl (C=O) groups is 12. The Morgan fingerprint density at radius 3 is 0.657 bits per heavy atom. The van der Waals surface area contributed by atoms with Crippen molar-refractivity contribution in [1.82, 2.24) is 29.4 Å². The Kier molecular flexibility index (Phi) is 45.8. The third-order valence-corrected chi connectivity index (χ3v) is 16.9. The molecule has 0 aromatic heterocycles. The van der Waals surface area contributed by atoms with Crippen molar-refractivity contribution < 1.29 is 86.0 Å². The molecule has 570 valence electrons. The monoisotopic (exact) mass is 1400 g/mol. The van der Waals surface area contributed by atoms with E-state index in [1.54, 1.807) is 19.6 Å². The predicted octanol–water partition coefficient (Wildman–Crippen LogP) is 10.7. The molecule has 6 atom stereocenters.